The van der Waals surface area contributed by atoms with E-state index in [4.69, 9.17) is 9.52 Å². The Morgan fingerprint density at radius 3 is 2.50 bits per heavy atom. The fraction of sp³-hybridized carbons (Fsp3) is 0.375. The van der Waals surface area contributed by atoms with Gasteiger partial charge in [0.1, 0.15) is 5.82 Å². The molecule has 188 valence electrons. The molecule has 5 rings (SSSR count). The maximum absolute atomic E-state index is 13.3. The first-order chi connectivity index (χ1) is 17.3. The standard InChI is InChI=1S/C24H24F2N6O4/c25-17-3-1-15(10-18(17)26)29-23-31-30-22(36-23)21(35)28-16-2-4-19(27-13-16)32-7-5-24(6-8-32)11-14(12-24)9-20(33)34/h1-4,10,13-14H,5-9,11-12H2,(H,28,35)(H,29,31)(H,33,34). The van der Waals surface area contributed by atoms with Gasteiger partial charge in [0.05, 0.1) is 11.9 Å². The van der Waals surface area contributed by atoms with Crippen molar-refractivity contribution in [1.29, 1.82) is 0 Å². The van der Waals surface area contributed by atoms with Gasteiger partial charge in [0.2, 0.25) is 0 Å². The summed E-state index contributed by atoms with van der Waals surface area (Å²) in [6.07, 6.45) is 5.80. The molecule has 1 aliphatic heterocycles. The van der Waals surface area contributed by atoms with Crippen molar-refractivity contribution in [3.63, 3.8) is 0 Å². The molecule has 1 aliphatic carbocycles. The van der Waals surface area contributed by atoms with E-state index in [-0.39, 0.29) is 29.4 Å². The van der Waals surface area contributed by atoms with Crippen molar-refractivity contribution in [2.45, 2.75) is 32.1 Å². The summed E-state index contributed by atoms with van der Waals surface area (Å²) in [6, 6.07) is 6.57. The largest absolute Gasteiger partial charge is 0.481 e. The first-order valence-corrected chi connectivity index (χ1v) is 11.6. The second kappa shape index (κ2) is 9.51. The Morgan fingerprint density at radius 1 is 1.08 bits per heavy atom. The molecule has 1 saturated heterocycles. The number of benzene rings is 1. The number of anilines is 4. The van der Waals surface area contributed by atoms with Crippen molar-refractivity contribution in [3.05, 3.63) is 54.1 Å². The lowest BCUT2D eigenvalue weighted by atomic mass is 9.57. The number of piperidine rings is 1. The van der Waals surface area contributed by atoms with Crippen LogP contribution >= 0.6 is 0 Å². The van der Waals surface area contributed by atoms with Gasteiger partial charge in [-0.2, -0.15) is 0 Å². The molecule has 2 aliphatic rings. The molecule has 10 nitrogen and oxygen atoms in total. The van der Waals surface area contributed by atoms with E-state index in [2.05, 4.69) is 30.7 Å². The van der Waals surface area contributed by atoms with Gasteiger partial charge < -0.3 is 25.1 Å². The van der Waals surface area contributed by atoms with Crippen molar-refractivity contribution in [2.24, 2.45) is 11.3 Å². The predicted molar refractivity (Wildman–Crippen MR) is 125 cm³/mol. The topological polar surface area (TPSA) is 133 Å². The number of hydrogen-bond donors (Lipinski definition) is 3. The van der Waals surface area contributed by atoms with Crippen LogP contribution in [0.1, 0.15) is 42.8 Å². The van der Waals surface area contributed by atoms with E-state index in [1.165, 1.54) is 6.07 Å². The molecule has 3 heterocycles. The number of carbonyl (C=O) groups excluding carboxylic acids is 1. The van der Waals surface area contributed by atoms with Gasteiger partial charge in [-0.1, -0.05) is 5.10 Å². The van der Waals surface area contributed by atoms with Gasteiger partial charge in [0.25, 0.3) is 0 Å². The Hall–Kier alpha value is -4.09. The van der Waals surface area contributed by atoms with Crippen molar-refractivity contribution < 1.29 is 27.9 Å². The molecule has 0 atom stereocenters. The van der Waals surface area contributed by atoms with Gasteiger partial charge in [0, 0.05) is 31.3 Å². The van der Waals surface area contributed by atoms with Crippen LogP contribution in [-0.2, 0) is 4.79 Å². The number of aromatic nitrogens is 3. The van der Waals surface area contributed by atoms with E-state index in [1.54, 1.807) is 12.3 Å². The number of hydrogen-bond acceptors (Lipinski definition) is 8. The van der Waals surface area contributed by atoms with E-state index in [0.717, 1.165) is 56.7 Å². The highest BCUT2D eigenvalue weighted by Crippen LogP contribution is 2.53. The van der Waals surface area contributed by atoms with Crippen LogP contribution in [0.5, 0.6) is 0 Å². The van der Waals surface area contributed by atoms with Crippen LogP contribution in [0, 0.1) is 23.0 Å². The van der Waals surface area contributed by atoms with Gasteiger partial charge in [-0.15, -0.1) is 5.10 Å². The molecule has 3 N–H and O–H groups in total. The lowest BCUT2D eigenvalue weighted by Gasteiger charge is -2.52. The van der Waals surface area contributed by atoms with Crippen LogP contribution in [0.2, 0.25) is 0 Å². The first-order valence-electron chi connectivity index (χ1n) is 11.6. The van der Waals surface area contributed by atoms with E-state index in [0.29, 0.717) is 11.6 Å². The summed E-state index contributed by atoms with van der Waals surface area (Å²) in [4.78, 5) is 30.0. The van der Waals surface area contributed by atoms with Crippen LogP contribution in [-0.4, -0.2) is 45.3 Å². The molecule has 0 bridgehead atoms. The molecule has 1 spiro atoms. The lowest BCUT2D eigenvalue weighted by molar-refractivity contribution is -0.140. The number of carbonyl (C=O) groups is 2. The zero-order valence-corrected chi connectivity index (χ0v) is 19.2. The number of rotatable bonds is 7. The Kier molecular flexibility index (Phi) is 6.25. The highest BCUT2D eigenvalue weighted by molar-refractivity contribution is 6.00. The first kappa shape index (κ1) is 23.6. The number of carboxylic acid groups (broad SMARTS) is 1. The quantitative estimate of drug-likeness (QED) is 0.438. The summed E-state index contributed by atoms with van der Waals surface area (Å²) in [7, 11) is 0. The average molecular weight is 498 g/mol. The zero-order chi connectivity index (χ0) is 25.3. The van der Waals surface area contributed by atoms with Gasteiger partial charge in [-0.3, -0.25) is 9.59 Å². The lowest BCUT2D eigenvalue weighted by Crippen LogP contribution is -2.47. The van der Waals surface area contributed by atoms with E-state index >= 15 is 0 Å². The van der Waals surface area contributed by atoms with E-state index in [9.17, 15) is 18.4 Å². The molecule has 12 heteroatoms. The Morgan fingerprint density at radius 2 is 1.83 bits per heavy atom. The normalized spacial score (nSPS) is 17.0. The summed E-state index contributed by atoms with van der Waals surface area (Å²) in [5.74, 6) is -2.60. The van der Waals surface area contributed by atoms with Gasteiger partial charge in [-0.05, 0) is 61.3 Å². The Bertz CT molecular complexity index is 1270. The molecule has 0 radical (unpaired) electrons. The molecule has 3 aromatic rings. The number of pyridine rings is 1. The van der Waals surface area contributed by atoms with Crippen LogP contribution < -0.4 is 15.5 Å². The molecular formula is C24H24F2N6O4. The second-order valence-corrected chi connectivity index (χ2v) is 9.38. The summed E-state index contributed by atoms with van der Waals surface area (Å²) < 4.78 is 31.6. The van der Waals surface area contributed by atoms with Crippen molar-refractivity contribution in [1.82, 2.24) is 15.2 Å². The minimum absolute atomic E-state index is 0.150. The Labute approximate surface area is 204 Å². The number of halogens is 2. The van der Waals surface area contributed by atoms with Gasteiger partial charge in [0.15, 0.2) is 11.6 Å². The third-order valence-electron chi connectivity index (χ3n) is 6.85. The molecule has 1 amide bonds. The number of nitrogens with one attached hydrogen (secondary N) is 2. The number of amides is 1. The van der Waals surface area contributed by atoms with Crippen molar-refractivity contribution in [2.75, 3.05) is 28.6 Å². The van der Waals surface area contributed by atoms with E-state index < -0.39 is 23.5 Å². The molecule has 36 heavy (non-hydrogen) atoms. The molecule has 2 aromatic heterocycles. The number of nitrogens with zero attached hydrogens (tertiary/aromatic N) is 4. The Balaban J connectivity index is 1.12. The summed E-state index contributed by atoms with van der Waals surface area (Å²) in [5.41, 5.74) is 0.902. The van der Waals surface area contributed by atoms with Crippen LogP contribution in [0.3, 0.4) is 0 Å². The summed E-state index contributed by atoms with van der Waals surface area (Å²) >= 11 is 0. The average Bonchev–Trinajstić information content (AvgIpc) is 3.30. The van der Waals surface area contributed by atoms with Gasteiger partial charge >= 0.3 is 23.8 Å². The van der Waals surface area contributed by atoms with Crippen LogP contribution in [0.4, 0.5) is 32.0 Å². The monoisotopic (exact) mass is 498 g/mol. The second-order valence-electron chi connectivity index (χ2n) is 9.38. The fourth-order valence-electron chi connectivity index (χ4n) is 5.07. The fourth-order valence-corrected chi connectivity index (χ4v) is 5.07. The van der Waals surface area contributed by atoms with E-state index in [1.807, 2.05) is 6.07 Å². The molecule has 1 saturated carbocycles. The third kappa shape index (κ3) is 5.11. The SMILES string of the molecule is O=C(O)CC1CC2(CCN(c3ccc(NC(=O)c4nnc(Nc5ccc(F)c(F)c5)o4)cn3)CC2)C1. The zero-order valence-electron chi connectivity index (χ0n) is 19.2. The number of aliphatic carboxylic acids is 1. The summed E-state index contributed by atoms with van der Waals surface area (Å²) in [5, 5.41) is 21.6. The third-order valence-corrected chi connectivity index (χ3v) is 6.85. The van der Waals surface area contributed by atoms with Crippen LogP contribution in [0.25, 0.3) is 0 Å². The minimum atomic E-state index is -1.04. The molecule has 1 aromatic carbocycles. The van der Waals surface area contributed by atoms with Crippen LogP contribution in [0.15, 0.2) is 40.9 Å². The molecule has 0 unspecified atom stereocenters. The molecular weight excluding hydrogens is 474 g/mol. The smallest absolute Gasteiger partial charge is 0.320 e. The summed E-state index contributed by atoms with van der Waals surface area (Å²) in [6.45, 7) is 1.71. The minimum Gasteiger partial charge on any atom is -0.481 e. The maximum atomic E-state index is 13.3. The predicted octanol–water partition coefficient (Wildman–Crippen LogP) is 4.21. The van der Waals surface area contributed by atoms with Gasteiger partial charge in [-0.25, -0.2) is 13.8 Å². The highest BCUT2D eigenvalue weighted by Gasteiger charge is 2.46. The maximum Gasteiger partial charge on any atom is 0.320 e. The molecule has 2 fully saturated rings. The van der Waals surface area contributed by atoms with Crippen molar-refractivity contribution in [3.8, 4) is 0 Å². The van der Waals surface area contributed by atoms with Crippen molar-refractivity contribution >= 4 is 35.1 Å². The number of carboxylic acids is 1. The highest BCUT2D eigenvalue weighted by atomic mass is 19.2.